The van der Waals surface area contributed by atoms with E-state index in [4.69, 9.17) is 5.73 Å². The Morgan fingerprint density at radius 3 is 2.32 bits per heavy atom. The maximum atomic E-state index is 5.90. The first-order valence-corrected chi connectivity index (χ1v) is 7.54. The van der Waals surface area contributed by atoms with Gasteiger partial charge in [0.05, 0.1) is 0 Å². The van der Waals surface area contributed by atoms with Crippen molar-refractivity contribution < 1.29 is 0 Å². The van der Waals surface area contributed by atoms with Crippen LogP contribution in [0.1, 0.15) is 57.2 Å². The average molecular weight is 260 g/mol. The van der Waals surface area contributed by atoms with E-state index < -0.39 is 0 Å². The summed E-state index contributed by atoms with van der Waals surface area (Å²) in [6.07, 6.45) is 4.15. The third kappa shape index (κ3) is 4.32. The summed E-state index contributed by atoms with van der Waals surface area (Å²) in [6, 6.07) is 9.22. The van der Waals surface area contributed by atoms with Crippen molar-refractivity contribution >= 4 is 0 Å². The molecule has 0 heterocycles. The Hall–Kier alpha value is -0.860. The number of benzene rings is 1. The van der Waals surface area contributed by atoms with Crippen LogP contribution in [-0.4, -0.2) is 13.1 Å². The van der Waals surface area contributed by atoms with Gasteiger partial charge >= 0.3 is 0 Å². The van der Waals surface area contributed by atoms with E-state index in [9.17, 15) is 0 Å². The van der Waals surface area contributed by atoms with Gasteiger partial charge in [0.25, 0.3) is 0 Å². The minimum atomic E-state index is 0.218. The van der Waals surface area contributed by atoms with E-state index in [-0.39, 0.29) is 5.41 Å². The molecule has 0 aromatic heterocycles. The Kier molecular flexibility index (Phi) is 4.64. The maximum absolute atomic E-state index is 5.90. The SMILES string of the molecule is CC(C)(C)c1ccc(C(CN)NCCC2CC2)cc1. The molecule has 0 bridgehead atoms. The molecule has 1 saturated carbocycles. The molecule has 0 spiro atoms. The summed E-state index contributed by atoms with van der Waals surface area (Å²) < 4.78 is 0. The quantitative estimate of drug-likeness (QED) is 0.823. The van der Waals surface area contributed by atoms with Gasteiger partial charge in [0.1, 0.15) is 0 Å². The van der Waals surface area contributed by atoms with Crippen LogP contribution < -0.4 is 11.1 Å². The zero-order chi connectivity index (χ0) is 13.9. The van der Waals surface area contributed by atoms with Crippen molar-refractivity contribution in [1.29, 1.82) is 0 Å². The van der Waals surface area contributed by atoms with E-state index in [0.29, 0.717) is 12.6 Å². The lowest BCUT2D eigenvalue weighted by atomic mass is 9.86. The highest BCUT2D eigenvalue weighted by molar-refractivity contribution is 5.29. The van der Waals surface area contributed by atoms with Crippen molar-refractivity contribution in [3.8, 4) is 0 Å². The van der Waals surface area contributed by atoms with Crippen LogP contribution in [0.25, 0.3) is 0 Å². The molecule has 2 rings (SSSR count). The van der Waals surface area contributed by atoms with Crippen LogP contribution in [0.5, 0.6) is 0 Å². The summed E-state index contributed by atoms with van der Waals surface area (Å²) in [5.41, 5.74) is 8.81. The van der Waals surface area contributed by atoms with E-state index >= 15 is 0 Å². The summed E-state index contributed by atoms with van der Waals surface area (Å²) in [5.74, 6) is 0.981. The minimum absolute atomic E-state index is 0.218. The lowest BCUT2D eigenvalue weighted by Crippen LogP contribution is -2.29. The zero-order valence-electron chi connectivity index (χ0n) is 12.6. The highest BCUT2D eigenvalue weighted by atomic mass is 14.9. The summed E-state index contributed by atoms with van der Waals surface area (Å²) >= 11 is 0. The second-order valence-electron chi connectivity index (χ2n) is 6.85. The standard InChI is InChI=1S/C17H28N2/c1-17(2,3)15-8-6-14(7-9-15)16(12-18)19-11-10-13-4-5-13/h6-9,13,16,19H,4-5,10-12,18H2,1-3H3. The molecule has 3 N–H and O–H groups in total. The van der Waals surface area contributed by atoms with Crippen molar-refractivity contribution in [1.82, 2.24) is 5.32 Å². The molecule has 1 aliphatic carbocycles. The molecule has 0 aliphatic heterocycles. The van der Waals surface area contributed by atoms with Crippen molar-refractivity contribution in [2.24, 2.45) is 11.7 Å². The van der Waals surface area contributed by atoms with Gasteiger partial charge in [-0.05, 0) is 35.4 Å². The summed E-state index contributed by atoms with van der Waals surface area (Å²) in [4.78, 5) is 0. The van der Waals surface area contributed by atoms with Gasteiger partial charge < -0.3 is 11.1 Å². The van der Waals surface area contributed by atoms with Crippen LogP contribution in [0.2, 0.25) is 0 Å². The molecule has 1 aliphatic rings. The van der Waals surface area contributed by atoms with Crippen LogP contribution in [-0.2, 0) is 5.41 Å². The van der Waals surface area contributed by atoms with Crippen LogP contribution in [0, 0.1) is 5.92 Å². The van der Waals surface area contributed by atoms with Crippen LogP contribution in [0.3, 0.4) is 0 Å². The molecule has 0 saturated heterocycles. The van der Waals surface area contributed by atoms with Crippen molar-refractivity contribution in [2.75, 3.05) is 13.1 Å². The van der Waals surface area contributed by atoms with E-state index in [2.05, 4.69) is 50.4 Å². The van der Waals surface area contributed by atoms with Crippen molar-refractivity contribution in [3.05, 3.63) is 35.4 Å². The maximum Gasteiger partial charge on any atom is 0.0444 e. The molecule has 1 aromatic carbocycles. The van der Waals surface area contributed by atoms with Gasteiger partial charge in [0, 0.05) is 12.6 Å². The molecule has 2 heteroatoms. The van der Waals surface area contributed by atoms with E-state index in [1.807, 2.05) is 0 Å². The van der Waals surface area contributed by atoms with E-state index in [1.165, 1.54) is 30.4 Å². The first kappa shape index (κ1) is 14.5. The second kappa shape index (κ2) is 6.06. The van der Waals surface area contributed by atoms with Crippen molar-refractivity contribution in [2.45, 2.75) is 51.5 Å². The van der Waals surface area contributed by atoms with Crippen LogP contribution in [0.15, 0.2) is 24.3 Å². The monoisotopic (exact) mass is 260 g/mol. The van der Waals surface area contributed by atoms with Crippen molar-refractivity contribution in [3.63, 3.8) is 0 Å². The summed E-state index contributed by atoms with van der Waals surface area (Å²) in [6.45, 7) is 8.50. The highest BCUT2D eigenvalue weighted by Crippen LogP contribution is 2.32. The predicted octanol–water partition coefficient (Wildman–Crippen LogP) is 3.37. The number of nitrogens with two attached hydrogens (primary N) is 1. The summed E-state index contributed by atoms with van der Waals surface area (Å²) in [5, 5.41) is 3.59. The first-order chi connectivity index (χ1) is 9.00. The Bertz CT molecular complexity index is 385. The lowest BCUT2D eigenvalue weighted by molar-refractivity contribution is 0.515. The van der Waals surface area contributed by atoms with Gasteiger partial charge in [-0.25, -0.2) is 0 Å². The van der Waals surface area contributed by atoms with Gasteiger partial charge in [-0.3, -0.25) is 0 Å². The number of hydrogen-bond donors (Lipinski definition) is 2. The molecule has 1 fully saturated rings. The molecule has 19 heavy (non-hydrogen) atoms. The third-order valence-corrected chi connectivity index (χ3v) is 4.06. The molecule has 1 aromatic rings. The fourth-order valence-corrected chi connectivity index (χ4v) is 2.42. The Morgan fingerprint density at radius 1 is 1.21 bits per heavy atom. The molecular formula is C17H28N2. The smallest absolute Gasteiger partial charge is 0.0444 e. The fraction of sp³-hybridized carbons (Fsp3) is 0.647. The first-order valence-electron chi connectivity index (χ1n) is 7.54. The van der Waals surface area contributed by atoms with Gasteiger partial charge in [0.2, 0.25) is 0 Å². The summed E-state index contributed by atoms with van der Waals surface area (Å²) in [7, 11) is 0. The molecule has 0 radical (unpaired) electrons. The fourth-order valence-electron chi connectivity index (χ4n) is 2.42. The third-order valence-electron chi connectivity index (χ3n) is 4.06. The van der Waals surface area contributed by atoms with Crippen LogP contribution in [0.4, 0.5) is 0 Å². The highest BCUT2D eigenvalue weighted by Gasteiger charge is 2.21. The van der Waals surface area contributed by atoms with Gasteiger partial charge in [0.15, 0.2) is 0 Å². The van der Waals surface area contributed by atoms with Gasteiger partial charge in [-0.2, -0.15) is 0 Å². The molecular weight excluding hydrogens is 232 g/mol. The zero-order valence-corrected chi connectivity index (χ0v) is 12.6. The second-order valence-corrected chi connectivity index (χ2v) is 6.85. The average Bonchev–Trinajstić information content (AvgIpc) is 3.18. The molecule has 1 unspecified atom stereocenters. The normalized spacial score (nSPS) is 17.5. The topological polar surface area (TPSA) is 38.0 Å². The van der Waals surface area contributed by atoms with Gasteiger partial charge in [-0.1, -0.05) is 57.9 Å². The minimum Gasteiger partial charge on any atom is -0.329 e. The lowest BCUT2D eigenvalue weighted by Gasteiger charge is -2.21. The molecule has 2 nitrogen and oxygen atoms in total. The molecule has 0 amide bonds. The van der Waals surface area contributed by atoms with E-state index in [1.54, 1.807) is 0 Å². The Labute approximate surface area is 117 Å². The Morgan fingerprint density at radius 2 is 1.84 bits per heavy atom. The predicted molar refractivity (Wildman–Crippen MR) is 82.3 cm³/mol. The number of nitrogens with one attached hydrogen (secondary N) is 1. The number of hydrogen-bond acceptors (Lipinski definition) is 2. The number of rotatable bonds is 6. The molecule has 1 atom stereocenters. The van der Waals surface area contributed by atoms with E-state index in [0.717, 1.165) is 12.5 Å². The molecule has 106 valence electrons. The van der Waals surface area contributed by atoms with Crippen LogP contribution >= 0.6 is 0 Å². The Balaban J connectivity index is 1.93. The largest absolute Gasteiger partial charge is 0.329 e. The van der Waals surface area contributed by atoms with Gasteiger partial charge in [-0.15, -0.1) is 0 Å².